The Morgan fingerprint density at radius 2 is 0.655 bits per heavy atom. The minimum absolute atomic E-state index is 0.0520. The first kappa shape index (κ1) is 88.1. The second-order valence-electron chi connectivity index (χ2n) is 28.9. The molecule has 32 nitrogen and oxygen atoms in total. The fourth-order valence-corrected chi connectivity index (χ4v) is 15.2. The average Bonchev–Trinajstić information content (AvgIpc) is 1.65. The molecule has 0 aliphatic carbocycles. The number of hydrogen-bond acceptors (Lipinski definition) is 27. The summed E-state index contributed by atoms with van der Waals surface area (Å²) in [5.41, 5.74) is 3.80. The number of carbonyl (C=O) groups excluding carboxylic acids is 8. The maximum absolute atomic E-state index is 15.1. The molecule has 7 aromatic rings. The first-order valence-corrected chi connectivity index (χ1v) is 40.1. The number of imide groups is 1. The predicted octanol–water partition coefficient (Wildman–Crippen LogP) is 6.87. The van der Waals surface area contributed by atoms with Crippen molar-refractivity contribution >= 4 is 57.8 Å². The highest BCUT2D eigenvalue weighted by molar-refractivity contribution is 7.80. The molecule has 0 saturated carbocycles. The Morgan fingerprint density at radius 1 is 0.353 bits per heavy atom. The molecule has 5 heterocycles. The smallest absolute Gasteiger partial charge is 0.397 e. The standard InChI is InChI=1S/C86H96N4O28S/c1-51(91)87-69-77(105-43-59-31-17-9-18-32-59)75(68(50-109-119(99,100)101)112-83(69)108-46-62-37-23-12-24-38-62)117-85-70(88-52(2)92)78(106-44-60-33-19-10-20-34-60)73(65(113-85)47-102-41-57-27-13-7-14-28-57)116-84-71(89-53(3)93)79(107-45-61-35-21-11-22-36-61)74(66(114-84)48-103-42-58-29-15-8-16-30-58)118-86-72(90-81(97)63-39-25-26-40-64(63)82(90)98)80(111-56(6)96)76(110-55(5)95)67(115-86)49-104-54(4)94/h7-40,65-80,83-86H,41-50H2,1-6H3,(H,87,91)(H,88,92)(H,89,93)(H,99,100,101)/t65-,66-,67-,68-,69-,70-,71-,72-,73-,74-,75-,76-,77-,78-,79-,80-,83-,84+,85+,86+/m1/s1. The molecule has 5 amide bonds. The molecular weight excluding hydrogens is 1570 g/mol. The van der Waals surface area contributed by atoms with E-state index < -0.39 is 207 Å². The number of benzene rings is 7. The minimum atomic E-state index is -5.27. The first-order valence-electron chi connectivity index (χ1n) is 38.7. The maximum Gasteiger partial charge on any atom is 0.397 e. The van der Waals surface area contributed by atoms with Gasteiger partial charge in [-0.15, -0.1) is 0 Å². The summed E-state index contributed by atoms with van der Waals surface area (Å²) in [6, 6.07) is 53.4. The van der Waals surface area contributed by atoms with Crippen LogP contribution in [-0.2, 0) is 159 Å². The SMILES string of the molecule is CC(=O)N[C@H]1[C@H](OCc2ccccc2)O[C@H](COS(=O)(=O)O)[C@@H](O[C@@H]2O[C@H](COCc3ccccc3)[C@@H](O[C@@H]3O[C@H](COCc4ccccc4)[C@@H](O[C@@H]4O[C@H](COC(C)=O)[C@@H](OC(C)=O)[C@H](OC(C)=O)[C@H]4N4C(=O)c5ccccc5C4=O)[C@H](OCc4ccccc4)[C@H]3NC(C)=O)[C@H](OCc3ccccc3)[C@H]2NC(C)=O)[C@@H]1OCc1ccccc1. The number of ether oxygens (including phenoxy) is 16. The third-order valence-electron chi connectivity index (χ3n) is 20.0. The lowest BCUT2D eigenvalue weighted by atomic mass is 9.92. The molecule has 7 aromatic carbocycles. The average molecular weight is 1670 g/mol. The lowest BCUT2D eigenvalue weighted by Crippen LogP contribution is -2.72. The van der Waals surface area contributed by atoms with Gasteiger partial charge in [0.05, 0.1) is 70.6 Å². The monoisotopic (exact) mass is 1660 g/mol. The molecule has 0 spiro atoms. The van der Waals surface area contributed by atoms with E-state index in [1.54, 1.807) is 127 Å². The van der Waals surface area contributed by atoms with E-state index in [-0.39, 0.29) is 50.8 Å². The van der Waals surface area contributed by atoms with Crippen molar-refractivity contribution in [3.63, 3.8) is 0 Å². The lowest BCUT2D eigenvalue weighted by Gasteiger charge is -2.53. The molecule has 0 unspecified atom stereocenters. The van der Waals surface area contributed by atoms with Crippen LogP contribution < -0.4 is 16.0 Å². The Labute approximate surface area is 687 Å². The lowest BCUT2D eigenvalue weighted by molar-refractivity contribution is -0.371. The van der Waals surface area contributed by atoms with E-state index in [9.17, 15) is 41.7 Å². The summed E-state index contributed by atoms with van der Waals surface area (Å²) < 4.78 is 150. The highest BCUT2D eigenvalue weighted by Gasteiger charge is 2.62. The molecule has 119 heavy (non-hydrogen) atoms. The molecule has 20 atom stereocenters. The van der Waals surface area contributed by atoms with Crippen molar-refractivity contribution in [3.8, 4) is 0 Å². The number of hydrogen-bond donors (Lipinski definition) is 4. The van der Waals surface area contributed by atoms with Crippen LogP contribution in [0.2, 0.25) is 0 Å². The highest BCUT2D eigenvalue weighted by Crippen LogP contribution is 2.42. The van der Waals surface area contributed by atoms with E-state index in [4.69, 9.17) is 80.0 Å². The third kappa shape index (κ3) is 24.1. The van der Waals surface area contributed by atoms with E-state index in [1.165, 1.54) is 45.0 Å². The van der Waals surface area contributed by atoms with Gasteiger partial charge in [-0.2, -0.15) is 8.42 Å². The second-order valence-corrected chi connectivity index (χ2v) is 30.0. The van der Waals surface area contributed by atoms with E-state index >= 15 is 9.59 Å². The summed E-state index contributed by atoms with van der Waals surface area (Å²) in [4.78, 5) is 113. The molecule has 634 valence electrons. The number of esters is 3. The number of rotatable bonds is 37. The zero-order chi connectivity index (χ0) is 84.1. The Morgan fingerprint density at radius 3 is 1.01 bits per heavy atom. The Bertz CT molecular complexity index is 4590. The Balaban J connectivity index is 1.01. The normalized spacial score (nSPS) is 27.4. The van der Waals surface area contributed by atoms with Crippen molar-refractivity contribution in [1.82, 2.24) is 20.9 Å². The molecule has 4 saturated heterocycles. The molecule has 5 aliphatic rings. The first-order chi connectivity index (χ1) is 57.4. The van der Waals surface area contributed by atoms with Crippen molar-refractivity contribution < 1.29 is 131 Å². The number of nitrogens with zero attached hydrogens (tertiary/aromatic N) is 1. The molecule has 0 bridgehead atoms. The van der Waals surface area contributed by atoms with Crippen molar-refractivity contribution in [2.75, 3.05) is 26.4 Å². The van der Waals surface area contributed by atoms with Gasteiger partial charge < -0.3 is 91.7 Å². The molecule has 5 aliphatic heterocycles. The van der Waals surface area contributed by atoms with Crippen LogP contribution in [0.4, 0.5) is 0 Å². The third-order valence-corrected chi connectivity index (χ3v) is 20.4. The highest BCUT2D eigenvalue weighted by atomic mass is 32.3. The Hall–Kier alpha value is -10.2. The van der Waals surface area contributed by atoms with Crippen molar-refractivity contribution in [3.05, 3.63) is 251 Å². The predicted molar refractivity (Wildman–Crippen MR) is 417 cm³/mol. The van der Waals surface area contributed by atoms with Crippen LogP contribution in [0, 0.1) is 0 Å². The van der Waals surface area contributed by atoms with Crippen LogP contribution in [0.25, 0.3) is 0 Å². The second kappa shape index (κ2) is 42.2. The number of fused-ring (bicyclic) bond motifs is 1. The number of carbonyl (C=O) groups is 8. The molecular formula is C86H96N4O28S. The van der Waals surface area contributed by atoms with Crippen LogP contribution in [0.15, 0.2) is 206 Å². The molecule has 12 rings (SSSR count). The molecule has 4 N–H and O–H groups in total. The maximum atomic E-state index is 15.1. The molecule has 4 fully saturated rings. The van der Waals surface area contributed by atoms with Gasteiger partial charge in [-0.05, 0) is 45.5 Å². The van der Waals surface area contributed by atoms with Gasteiger partial charge in [-0.25, -0.2) is 4.18 Å². The zero-order valence-electron chi connectivity index (χ0n) is 66.1. The van der Waals surface area contributed by atoms with Gasteiger partial charge in [0, 0.05) is 41.5 Å². The van der Waals surface area contributed by atoms with E-state index in [1.807, 2.05) is 54.6 Å². The molecule has 0 aromatic heterocycles. The van der Waals surface area contributed by atoms with Gasteiger partial charge in [-0.1, -0.05) is 194 Å². The van der Waals surface area contributed by atoms with Crippen LogP contribution >= 0.6 is 0 Å². The van der Waals surface area contributed by atoms with Crippen LogP contribution in [0.1, 0.15) is 95.6 Å². The number of nitrogens with one attached hydrogen (secondary N) is 3. The summed E-state index contributed by atoms with van der Waals surface area (Å²) in [5, 5.41) is 8.90. The van der Waals surface area contributed by atoms with Gasteiger partial charge >= 0.3 is 28.3 Å². The van der Waals surface area contributed by atoms with Crippen molar-refractivity contribution in [1.29, 1.82) is 0 Å². The van der Waals surface area contributed by atoms with Crippen molar-refractivity contribution in [2.45, 2.75) is 204 Å². The largest absolute Gasteiger partial charge is 0.463 e. The summed E-state index contributed by atoms with van der Waals surface area (Å²) in [5.74, 6) is -6.49. The molecule has 0 radical (unpaired) electrons. The van der Waals surface area contributed by atoms with E-state index in [0.717, 1.165) is 25.7 Å². The van der Waals surface area contributed by atoms with Crippen LogP contribution in [-0.4, -0.2) is 214 Å². The summed E-state index contributed by atoms with van der Waals surface area (Å²) >= 11 is 0. The van der Waals surface area contributed by atoms with Crippen LogP contribution in [0.5, 0.6) is 0 Å². The fraction of sp³-hybridized carbons (Fsp3) is 0.419. The van der Waals surface area contributed by atoms with Crippen molar-refractivity contribution in [2.24, 2.45) is 0 Å². The summed E-state index contributed by atoms with van der Waals surface area (Å²) in [6.45, 7) is 3.48. The zero-order valence-corrected chi connectivity index (χ0v) is 66.9. The van der Waals surface area contributed by atoms with Gasteiger partial charge in [-0.3, -0.25) is 47.8 Å². The van der Waals surface area contributed by atoms with Gasteiger partial charge in [0.2, 0.25) is 17.7 Å². The summed E-state index contributed by atoms with van der Waals surface area (Å²) in [6.07, 6.45) is -26.3. The van der Waals surface area contributed by atoms with Gasteiger partial charge in [0.1, 0.15) is 91.8 Å². The Kier molecular flexibility index (Phi) is 31.2. The minimum Gasteiger partial charge on any atom is -0.463 e. The number of amides is 5. The van der Waals surface area contributed by atoms with E-state index in [0.29, 0.717) is 33.4 Å². The topological polar surface area (TPSA) is 387 Å². The van der Waals surface area contributed by atoms with Gasteiger partial charge in [0.25, 0.3) is 11.8 Å². The van der Waals surface area contributed by atoms with Gasteiger partial charge in [0.15, 0.2) is 37.4 Å². The quantitative estimate of drug-likeness (QED) is 0.0133. The molecule has 33 heteroatoms. The van der Waals surface area contributed by atoms with Crippen LogP contribution in [0.3, 0.4) is 0 Å². The fourth-order valence-electron chi connectivity index (χ4n) is 14.9. The van der Waals surface area contributed by atoms with E-state index in [2.05, 4.69) is 16.0 Å². The summed E-state index contributed by atoms with van der Waals surface area (Å²) in [7, 11) is -5.27.